The van der Waals surface area contributed by atoms with E-state index in [1.165, 1.54) is 13.3 Å². The predicted molar refractivity (Wildman–Crippen MR) is 126 cm³/mol. The fraction of sp³-hybridized carbons (Fsp3) is 0.300. The van der Waals surface area contributed by atoms with Gasteiger partial charge in [0.15, 0.2) is 18.1 Å². The number of nitriles is 1. The van der Waals surface area contributed by atoms with Gasteiger partial charge in [-0.25, -0.2) is 10.4 Å². The van der Waals surface area contributed by atoms with Crippen LogP contribution in [0.1, 0.15) is 22.4 Å². The summed E-state index contributed by atoms with van der Waals surface area (Å²) >= 11 is 5.52. The van der Waals surface area contributed by atoms with E-state index in [-0.39, 0.29) is 24.7 Å². The fourth-order valence-corrected chi connectivity index (χ4v) is 3.82. The van der Waals surface area contributed by atoms with Crippen molar-refractivity contribution in [3.8, 4) is 23.4 Å². The van der Waals surface area contributed by atoms with Crippen molar-refractivity contribution in [3.05, 3.63) is 42.6 Å². The highest BCUT2D eigenvalue weighted by atomic mass is 127. The Morgan fingerprint density at radius 1 is 1.35 bits per heavy atom. The lowest BCUT2D eigenvalue weighted by atomic mass is 10.1. The number of aromatic nitrogens is 1. The summed E-state index contributed by atoms with van der Waals surface area (Å²) < 4.78 is 22.7. The molecule has 1 amide bonds. The van der Waals surface area contributed by atoms with Gasteiger partial charge in [-0.05, 0) is 63.1 Å². The van der Waals surface area contributed by atoms with E-state index < -0.39 is 5.91 Å². The first-order chi connectivity index (χ1) is 14.9. The summed E-state index contributed by atoms with van der Waals surface area (Å²) in [4.78, 5) is 16.4. The zero-order valence-electron chi connectivity index (χ0n) is 17.3. The number of halogens is 2. The minimum Gasteiger partial charge on any atom is -0.493 e. The number of amides is 1. The Morgan fingerprint density at radius 3 is 2.71 bits per heavy atom. The summed E-state index contributed by atoms with van der Waals surface area (Å²) in [5, 5.41) is 13.4. The van der Waals surface area contributed by atoms with Crippen molar-refractivity contribution in [2.24, 2.45) is 5.10 Å². The highest BCUT2D eigenvalue weighted by Gasteiger charge is 2.18. The van der Waals surface area contributed by atoms with Gasteiger partial charge in [0, 0.05) is 17.1 Å². The molecule has 9 nitrogen and oxygen atoms in total. The Morgan fingerprint density at radius 2 is 2.10 bits per heavy atom. The number of nitrogens with one attached hydrogen (secondary N) is 1. The number of methoxy groups -OCH3 is 3. The monoisotopic (exact) mass is 602 g/mol. The molecule has 164 valence electrons. The van der Waals surface area contributed by atoms with Crippen LogP contribution in [0.25, 0.3) is 0 Å². The molecule has 1 aromatic carbocycles. The largest absolute Gasteiger partial charge is 0.493 e. The maximum atomic E-state index is 12.1. The SMILES string of the molecule is COCc1c(Br)c(C)nc(OCC(=O)NN=Cc2cc(I)c(OC)c(OC)c2)c1C#N. The van der Waals surface area contributed by atoms with Crippen LogP contribution in [0.2, 0.25) is 0 Å². The van der Waals surface area contributed by atoms with Gasteiger partial charge in [0.1, 0.15) is 11.6 Å². The molecule has 11 heteroatoms. The Hall–Kier alpha value is -2.43. The van der Waals surface area contributed by atoms with Crippen LogP contribution in [0, 0.1) is 21.8 Å². The molecule has 31 heavy (non-hydrogen) atoms. The van der Waals surface area contributed by atoms with E-state index in [2.05, 4.69) is 54.0 Å². The summed E-state index contributed by atoms with van der Waals surface area (Å²) in [5.41, 5.74) is 4.51. The Kier molecular flexibility index (Phi) is 9.47. The van der Waals surface area contributed by atoms with Crippen LogP contribution >= 0.6 is 38.5 Å². The molecule has 2 aromatic rings. The molecule has 1 N–H and O–H groups in total. The molecule has 0 spiro atoms. The van der Waals surface area contributed by atoms with Crippen LogP contribution in [0.15, 0.2) is 21.7 Å². The summed E-state index contributed by atoms with van der Waals surface area (Å²) in [7, 11) is 4.62. The molecule has 0 aliphatic heterocycles. The maximum Gasteiger partial charge on any atom is 0.278 e. The van der Waals surface area contributed by atoms with E-state index in [1.807, 2.05) is 12.1 Å². The van der Waals surface area contributed by atoms with Crippen LogP contribution in [-0.2, 0) is 16.1 Å². The molecular weight excluding hydrogens is 583 g/mol. The maximum absolute atomic E-state index is 12.1. The second-order valence-electron chi connectivity index (χ2n) is 6.03. The van der Waals surface area contributed by atoms with Crippen molar-refractivity contribution in [2.45, 2.75) is 13.5 Å². The van der Waals surface area contributed by atoms with Crippen molar-refractivity contribution in [3.63, 3.8) is 0 Å². The first kappa shape index (κ1) is 24.8. The number of hydrazone groups is 1. The number of aryl methyl sites for hydroxylation is 1. The van der Waals surface area contributed by atoms with E-state index in [4.69, 9.17) is 18.9 Å². The second kappa shape index (κ2) is 11.8. The number of hydrogen-bond donors (Lipinski definition) is 1. The van der Waals surface area contributed by atoms with Crippen LogP contribution in [-0.4, -0.2) is 45.0 Å². The molecule has 0 unspecified atom stereocenters. The summed E-state index contributed by atoms with van der Waals surface area (Å²) in [6, 6.07) is 5.62. The van der Waals surface area contributed by atoms with Gasteiger partial charge >= 0.3 is 0 Å². The van der Waals surface area contributed by atoms with Gasteiger partial charge in [-0.2, -0.15) is 10.4 Å². The predicted octanol–water partition coefficient (Wildman–Crippen LogP) is 3.32. The second-order valence-corrected chi connectivity index (χ2v) is 7.99. The summed E-state index contributed by atoms with van der Waals surface area (Å²) in [5.74, 6) is 0.726. The highest BCUT2D eigenvalue weighted by molar-refractivity contribution is 14.1. The molecule has 1 heterocycles. The molecule has 0 fully saturated rings. The van der Waals surface area contributed by atoms with Crippen LogP contribution in [0.3, 0.4) is 0 Å². The molecule has 1 aromatic heterocycles. The smallest absolute Gasteiger partial charge is 0.278 e. The molecule has 2 rings (SSSR count). The van der Waals surface area contributed by atoms with Gasteiger partial charge in [0.25, 0.3) is 5.91 Å². The van der Waals surface area contributed by atoms with Crippen LogP contribution in [0.4, 0.5) is 0 Å². The van der Waals surface area contributed by atoms with E-state index in [9.17, 15) is 10.1 Å². The van der Waals surface area contributed by atoms with Gasteiger partial charge in [0.2, 0.25) is 5.88 Å². The third kappa shape index (κ3) is 6.28. The van der Waals surface area contributed by atoms with Crippen LogP contribution in [0.5, 0.6) is 17.4 Å². The molecule has 0 bridgehead atoms. The standard InChI is InChI=1S/C20H20BrIN4O5/c1-11-18(21)14(9-28-2)13(7-23)20(25-11)31-10-17(27)26-24-8-12-5-15(22)19(30-4)16(6-12)29-3/h5-6,8H,9-10H2,1-4H3,(H,26,27). The van der Waals surface area contributed by atoms with Crippen molar-refractivity contribution in [1.82, 2.24) is 10.4 Å². The quantitative estimate of drug-likeness (QED) is 0.266. The topological polar surface area (TPSA) is 115 Å². The number of hydrogen-bond acceptors (Lipinski definition) is 8. The minimum atomic E-state index is -0.508. The van der Waals surface area contributed by atoms with Crippen LogP contribution < -0.4 is 19.6 Å². The number of rotatable bonds is 9. The zero-order chi connectivity index (χ0) is 23.0. The Labute approximate surface area is 202 Å². The molecule has 0 radical (unpaired) electrons. The van der Waals surface area contributed by atoms with Gasteiger partial charge < -0.3 is 18.9 Å². The molecule has 0 saturated heterocycles. The molecule has 0 atom stereocenters. The van der Waals surface area contributed by atoms with Crippen molar-refractivity contribution < 1.29 is 23.7 Å². The van der Waals surface area contributed by atoms with E-state index in [1.54, 1.807) is 27.2 Å². The lowest BCUT2D eigenvalue weighted by Gasteiger charge is -2.13. The zero-order valence-corrected chi connectivity index (χ0v) is 21.0. The van der Waals surface area contributed by atoms with Gasteiger partial charge in [-0.1, -0.05) is 0 Å². The molecule has 0 aliphatic carbocycles. The van der Waals surface area contributed by atoms with Gasteiger partial charge in [-0.15, -0.1) is 0 Å². The molecule has 0 saturated carbocycles. The molecule has 0 aliphatic rings. The number of pyridine rings is 1. The van der Waals surface area contributed by atoms with E-state index in [0.717, 1.165) is 3.57 Å². The first-order valence-corrected chi connectivity index (χ1v) is 10.7. The van der Waals surface area contributed by atoms with Crippen molar-refractivity contribution >= 4 is 50.6 Å². The lowest BCUT2D eigenvalue weighted by Crippen LogP contribution is -2.25. The third-order valence-corrected chi connectivity index (χ3v) is 5.82. The Bertz CT molecular complexity index is 1040. The average molecular weight is 603 g/mol. The number of ether oxygens (including phenoxy) is 4. The van der Waals surface area contributed by atoms with Gasteiger partial charge in [-0.3, -0.25) is 4.79 Å². The summed E-state index contributed by atoms with van der Waals surface area (Å²) in [6.07, 6.45) is 1.47. The average Bonchev–Trinajstić information content (AvgIpc) is 2.75. The highest BCUT2D eigenvalue weighted by Crippen LogP contribution is 2.33. The van der Waals surface area contributed by atoms with E-state index >= 15 is 0 Å². The first-order valence-electron chi connectivity index (χ1n) is 8.80. The van der Waals surface area contributed by atoms with Gasteiger partial charge in [0.05, 0.1) is 36.3 Å². The lowest BCUT2D eigenvalue weighted by molar-refractivity contribution is -0.123. The van der Waals surface area contributed by atoms with E-state index in [0.29, 0.717) is 32.8 Å². The summed E-state index contributed by atoms with van der Waals surface area (Å²) in [6.45, 7) is 1.59. The minimum absolute atomic E-state index is 0.0591. The molecular formula is C20H20BrIN4O5. The van der Waals surface area contributed by atoms with Crippen molar-refractivity contribution in [2.75, 3.05) is 27.9 Å². The number of nitrogens with zero attached hydrogens (tertiary/aromatic N) is 3. The third-order valence-electron chi connectivity index (χ3n) is 3.97. The van der Waals surface area contributed by atoms with Crippen molar-refractivity contribution in [1.29, 1.82) is 5.26 Å². The fourth-order valence-electron chi connectivity index (χ4n) is 2.57. The number of carbonyl (C=O) groups is 1. The number of carbonyl (C=O) groups excluding carboxylic acids is 1. The normalized spacial score (nSPS) is 10.6. The number of benzene rings is 1. The Balaban J connectivity index is 2.07.